The maximum atomic E-state index is 11.1. The van der Waals surface area contributed by atoms with E-state index < -0.39 is 0 Å². The van der Waals surface area contributed by atoms with Crippen LogP contribution in [0.4, 0.5) is 0 Å². The number of nitrogens with zero attached hydrogens (tertiary/aromatic N) is 3. The summed E-state index contributed by atoms with van der Waals surface area (Å²) in [6.45, 7) is 5.97. The third kappa shape index (κ3) is 1.60. The number of aryl methyl sites for hydroxylation is 3. The number of hydrogen-bond donors (Lipinski definition) is 0. The maximum Gasteiger partial charge on any atom is 0.235 e. The van der Waals surface area contributed by atoms with Crippen LogP contribution < -0.4 is 0 Å². The molecule has 0 unspecified atom stereocenters. The van der Waals surface area contributed by atoms with Gasteiger partial charge < -0.3 is 0 Å². The molecule has 0 saturated carbocycles. The molecule has 2 aromatic heterocycles. The summed E-state index contributed by atoms with van der Waals surface area (Å²) in [4.78, 5) is 19.9. The lowest BCUT2D eigenvalue weighted by molar-refractivity contribution is 0.111. The van der Waals surface area contributed by atoms with Crippen LogP contribution in [-0.4, -0.2) is 20.7 Å². The Morgan fingerprint density at radius 2 is 2.12 bits per heavy atom. The minimum absolute atomic E-state index is 0.628. The summed E-state index contributed by atoms with van der Waals surface area (Å²) in [6, 6.07) is 1.96. The van der Waals surface area contributed by atoms with E-state index in [9.17, 15) is 4.79 Å². The molecule has 0 bridgehead atoms. The number of imidazole rings is 1. The normalized spacial score (nSPS) is 10.9. The van der Waals surface area contributed by atoms with Gasteiger partial charge in [-0.25, -0.2) is 9.97 Å². The number of carbonyl (C=O) groups is 1. The van der Waals surface area contributed by atoms with Crippen molar-refractivity contribution in [3.05, 3.63) is 28.8 Å². The summed E-state index contributed by atoms with van der Waals surface area (Å²) >= 11 is 0. The standard InChI is InChI=1S/C12H15N3O/c1-4-5-10-11(7-16)15-9(3)6-8(2)13-12(15)14-10/h6-7H,4-5H2,1-3H3. The van der Waals surface area contributed by atoms with Gasteiger partial charge in [-0.3, -0.25) is 9.20 Å². The number of hydrogen-bond acceptors (Lipinski definition) is 3. The van der Waals surface area contributed by atoms with E-state index in [-0.39, 0.29) is 0 Å². The van der Waals surface area contributed by atoms with Crippen molar-refractivity contribution in [3.63, 3.8) is 0 Å². The number of aldehydes is 1. The number of fused-ring (bicyclic) bond motifs is 1. The molecule has 0 aliphatic carbocycles. The highest BCUT2D eigenvalue weighted by atomic mass is 16.1. The van der Waals surface area contributed by atoms with E-state index in [1.54, 1.807) is 0 Å². The number of aromatic nitrogens is 3. The second-order valence-electron chi connectivity index (χ2n) is 3.99. The molecule has 0 atom stereocenters. The zero-order valence-corrected chi connectivity index (χ0v) is 9.82. The van der Waals surface area contributed by atoms with Gasteiger partial charge in [0.1, 0.15) is 5.69 Å². The highest BCUT2D eigenvalue weighted by Gasteiger charge is 2.13. The Bertz CT molecular complexity index is 543. The zero-order chi connectivity index (χ0) is 11.7. The van der Waals surface area contributed by atoms with Gasteiger partial charge in [0.2, 0.25) is 5.78 Å². The topological polar surface area (TPSA) is 47.3 Å². The number of carbonyl (C=O) groups excluding carboxylic acids is 1. The molecule has 0 aliphatic rings. The van der Waals surface area contributed by atoms with Crippen molar-refractivity contribution in [1.29, 1.82) is 0 Å². The quantitative estimate of drug-likeness (QED) is 0.740. The second kappa shape index (κ2) is 4.04. The van der Waals surface area contributed by atoms with E-state index in [4.69, 9.17) is 0 Å². The van der Waals surface area contributed by atoms with E-state index in [1.807, 2.05) is 24.3 Å². The summed E-state index contributed by atoms with van der Waals surface area (Å²) in [5.74, 6) is 0.628. The fourth-order valence-electron chi connectivity index (χ4n) is 1.99. The summed E-state index contributed by atoms with van der Waals surface area (Å²) < 4.78 is 1.82. The maximum absolute atomic E-state index is 11.1. The van der Waals surface area contributed by atoms with Crippen LogP contribution in [0.5, 0.6) is 0 Å². The van der Waals surface area contributed by atoms with Gasteiger partial charge in [0.15, 0.2) is 6.29 Å². The molecule has 0 aliphatic heterocycles. The second-order valence-corrected chi connectivity index (χ2v) is 3.99. The molecule has 0 amide bonds. The van der Waals surface area contributed by atoms with Crippen LogP contribution in [-0.2, 0) is 6.42 Å². The van der Waals surface area contributed by atoms with Gasteiger partial charge in [-0.2, -0.15) is 0 Å². The van der Waals surface area contributed by atoms with E-state index in [0.717, 1.165) is 36.2 Å². The molecule has 16 heavy (non-hydrogen) atoms. The molecule has 84 valence electrons. The molecule has 0 aromatic carbocycles. The fraction of sp³-hybridized carbons (Fsp3) is 0.417. The Labute approximate surface area is 94.3 Å². The Balaban J connectivity index is 2.76. The molecule has 0 N–H and O–H groups in total. The van der Waals surface area contributed by atoms with Gasteiger partial charge in [0, 0.05) is 11.4 Å². The van der Waals surface area contributed by atoms with Gasteiger partial charge in [0.25, 0.3) is 0 Å². The molecule has 2 heterocycles. The first-order valence-electron chi connectivity index (χ1n) is 5.48. The molecule has 4 heteroatoms. The third-order valence-corrected chi connectivity index (χ3v) is 2.62. The Hall–Kier alpha value is -1.71. The van der Waals surface area contributed by atoms with E-state index >= 15 is 0 Å². The molecule has 2 aromatic rings. The first-order chi connectivity index (χ1) is 7.67. The first kappa shape index (κ1) is 10.8. The van der Waals surface area contributed by atoms with Crippen LogP contribution in [0.2, 0.25) is 0 Å². The predicted octanol–water partition coefficient (Wildman–Crippen LogP) is 2.11. The van der Waals surface area contributed by atoms with Crippen molar-refractivity contribution < 1.29 is 4.79 Å². The molecule has 0 radical (unpaired) electrons. The largest absolute Gasteiger partial charge is 0.296 e. The lowest BCUT2D eigenvalue weighted by Gasteiger charge is -2.02. The molecule has 2 rings (SSSR count). The average molecular weight is 217 g/mol. The van der Waals surface area contributed by atoms with Crippen molar-refractivity contribution in [2.75, 3.05) is 0 Å². The molecular weight excluding hydrogens is 202 g/mol. The summed E-state index contributed by atoms with van der Waals surface area (Å²) in [5.41, 5.74) is 3.41. The smallest absolute Gasteiger partial charge is 0.235 e. The van der Waals surface area contributed by atoms with Gasteiger partial charge in [0.05, 0.1) is 5.69 Å². The van der Waals surface area contributed by atoms with E-state index in [1.165, 1.54) is 0 Å². The van der Waals surface area contributed by atoms with Crippen LogP contribution in [0.25, 0.3) is 5.78 Å². The van der Waals surface area contributed by atoms with Crippen LogP contribution >= 0.6 is 0 Å². The lowest BCUT2D eigenvalue weighted by atomic mass is 10.2. The van der Waals surface area contributed by atoms with Gasteiger partial charge >= 0.3 is 0 Å². The molecule has 0 spiro atoms. The molecule has 0 saturated heterocycles. The fourth-order valence-corrected chi connectivity index (χ4v) is 1.99. The Morgan fingerprint density at radius 3 is 2.75 bits per heavy atom. The van der Waals surface area contributed by atoms with Crippen LogP contribution in [0, 0.1) is 13.8 Å². The van der Waals surface area contributed by atoms with Gasteiger partial charge in [-0.1, -0.05) is 13.3 Å². The van der Waals surface area contributed by atoms with Gasteiger partial charge in [-0.05, 0) is 26.3 Å². The summed E-state index contributed by atoms with van der Waals surface area (Å²) in [7, 11) is 0. The van der Waals surface area contributed by atoms with Crippen molar-refractivity contribution in [2.24, 2.45) is 0 Å². The lowest BCUT2D eigenvalue weighted by Crippen LogP contribution is -2.00. The van der Waals surface area contributed by atoms with Crippen LogP contribution in [0.15, 0.2) is 6.07 Å². The minimum atomic E-state index is 0.628. The van der Waals surface area contributed by atoms with Crippen molar-refractivity contribution in [1.82, 2.24) is 14.4 Å². The monoisotopic (exact) mass is 217 g/mol. The number of rotatable bonds is 3. The van der Waals surface area contributed by atoms with Gasteiger partial charge in [-0.15, -0.1) is 0 Å². The van der Waals surface area contributed by atoms with Crippen LogP contribution in [0.3, 0.4) is 0 Å². The van der Waals surface area contributed by atoms with E-state index in [2.05, 4.69) is 16.9 Å². The third-order valence-electron chi connectivity index (χ3n) is 2.62. The summed E-state index contributed by atoms with van der Waals surface area (Å²) in [5, 5.41) is 0. The van der Waals surface area contributed by atoms with E-state index in [0.29, 0.717) is 11.5 Å². The van der Waals surface area contributed by atoms with Crippen molar-refractivity contribution in [3.8, 4) is 0 Å². The highest BCUT2D eigenvalue weighted by molar-refractivity contribution is 5.76. The SMILES string of the molecule is CCCc1nc2nc(C)cc(C)n2c1C=O. The average Bonchev–Trinajstić information content (AvgIpc) is 2.56. The van der Waals surface area contributed by atoms with Crippen LogP contribution in [0.1, 0.15) is 40.9 Å². The zero-order valence-electron chi connectivity index (χ0n) is 9.82. The predicted molar refractivity (Wildman–Crippen MR) is 61.8 cm³/mol. The molecular formula is C12H15N3O. The first-order valence-corrected chi connectivity index (χ1v) is 5.48. The van der Waals surface area contributed by atoms with Crippen molar-refractivity contribution in [2.45, 2.75) is 33.6 Å². The highest BCUT2D eigenvalue weighted by Crippen LogP contribution is 2.14. The minimum Gasteiger partial charge on any atom is -0.296 e. The molecule has 4 nitrogen and oxygen atoms in total. The Kier molecular flexibility index (Phi) is 2.73. The summed E-state index contributed by atoms with van der Waals surface area (Å²) in [6.07, 6.45) is 2.66. The van der Waals surface area contributed by atoms with Crippen molar-refractivity contribution >= 4 is 12.1 Å². The molecule has 0 fully saturated rings. The Morgan fingerprint density at radius 1 is 1.38 bits per heavy atom.